The van der Waals surface area contributed by atoms with Crippen LogP contribution in [0.3, 0.4) is 0 Å². The second kappa shape index (κ2) is 6.71. The third-order valence-corrected chi connectivity index (χ3v) is 4.37. The normalized spacial score (nSPS) is 18.9. The van der Waals surface area contributed by atoms with Gasteiger partial charge in [0.05, 0.1) is 6.04 Å². The van der Waals surface area contributed by atoms with Crippen LogP contribution in [0.4, 0.5) is 4.79 Å². The molecule has 1 unspecified atom stereocenters. The second-order valence-electron chi connectivity index (χ2n) is 4.76. The minimum absolute atomic E-state index is 0.00286. The van der Waals surface area contributed by atoms with E-state index in [9.17, 15) is 9.59 Å². The number of hydrogen-bond donors (Lipinski definition) is 4. The maximum atomic E-state index is 11.9. The van der Waals surface area contributed by atoms with Crippen LogP contribution in [0.1, 0.15) is 35.7 Å². The molecule has 1 aliphatic rings. The van der Waals surface area contributed by atoms with Gasteiger partial charge in [0.25, 0.3) is 0 Å². The number of carboxylic acid groups (broad SMARTS) is 1. The number of carbonyl (C=O) groups excluding carboxylic acids is 1. The van der Waals surface area contributed by atoms with E-state index in [0.29, 0.717) is 0 Å². The topological polar surface area (TPSA) is 98.7 Å². The van der Waals surface area contributed by atoms with Crippen molar-refractivity contribution in [3.05, 3.63) is 21.9 Å². The summed E-state index contributed by atoms with van der Waals surface area (Å²) in [5.41, 5.74) is 1.13. The van der Waals surface area contributed by atoms with Crippen molar-refractivity contribution in [1.82, 2.24) is 10.6 Å². The smallest absolute Gasteiger partial charge is 0.326 e. The molecule has 2 rings (SSSR count). The molecule has 1 aromatic heterocycles. The van der Waals surface area contributed by atoms with Gasteiger partial charge < -0.3 is 20.8 Å². The van der Waals surface area contributed by atoms with Gasteiger partial charge in [0, 0.05) is 17.9 Å². The van der Waals surface area contributed by atoms with E-state index in [0.717, 1.165) is 24.8 Å². The van der Waals surface area contributed by atoms with E-state index in [4.69, 9.17) is 10.2 Å². The maximum absolute atomic E-state index is 11.9. The van der Waals surface area contributed by atoms with Crippen molar-refractivity contribution >= 4 is 23.3 Å². The van der Waals surface area contributed by atoms with Crippen molar-refractivity contribution in [1.29, 1.82) is 0 Å². The van der Waals surface area contributed by atoms with Crippen molar-refractivity contribution < 1.29 is 19.8 Å². The molecule has 20 heavy (non-hydrogen) atoms. The van der Waals surface area contributed by atoms with Gasteiger partial charge >= 0.3 is 12.0 Å². The number of aliphatic carboxylic acids is 1. The molecule has 110 valence electrons. The summed E-state index contributed by atoms with van der Waals surface area (Å²) in [6, 6.07) is 0.376. The lowest BCUT2D eigenvalue weighted by atomic mass is 9.94. The third kappa shape index (κ3) is 3.49. The zero-order valence-corrected chi connectivity index (χ0v) is 11.8. The highest BCUT2D eigenvalue weighted by Gasteiger charge is 2.25. The molecule has 0 bridgehead atoms. The van der Waals surface area contributed by atoms with Gasteiger partial charge in [-0.05, 0) is 36.3 Å². The number of fused-ring (bicyclic) bond motifs is 1. The fraction of sp³-hybridized carbons (Fsp3) is 0.538. The van der Waals surface area contributed by atoms with Crippen LogP contribution >= 0.6 is 11.3 Å². The van der Waals surface area contributed by atoms with Gasteiger partial charge in [0.15, 0.2) is 0 Å². The molecule has 0 aromatic carbocycles. The molecule has 0 fully saturated rings. The number of amides is 2. The number of carboxylic acids is 1. The molecule has 4 N–H and O–H groups in total. The van der Waals surface area contributed by atoms with E-state index in [-0.39, 0.29) is 19.1 Å². The van der Waals surface area contributed by atoms with Crippen LogP contribution in [0.2, 0.25) is 0 Å². The SMILES string of the molecule is O=C(NC1CCCc2sccc21)N[C@@H](CCO)C(=O)O. The van der Waals surface area contributed by atoms with Crippen molar-refractivity contribution in [3.8, 4) is 0 Å². The molecule has 1 heterocycles. The number of rotatable bonds is 5. The highest BCUT2D eigenvalue weighted by Crippen LogP contribution is 2.33. The van der Waals surface area contributed by atoms with Gasteiger partial charge in [0.1, 0.15) is 6.04 Å². The molecule has 0 radical (unpaired) electrons. The molecular formula is C13H18N2O4S. The first-order chi connectivity index (χ1) is 9.61. The quantitative estimate of drug-likeness (QED) is 0.657. The lowest BCUT2D eigenvalue weighted by Crippen LogP contribution is -2.47. The lowest BCUT2D eigenvalue weighted by Gasteiger charge is -2.24. The van der Waals surface area contributed by atoms with Crippen LogP contribution in [0.5, 0.6) is 0 Å². The van der Waals surface area contributed by atoms with Crippen molar-refractivity contribution in [2.75, 3.05) is 6.61 Å². The highest BCUT2D eigenvalue weighted by molar-refractivity contribution is 7.10. The summed E-state index contributed by atoms with van der Waals surface area (Å²) in [7, 11) is 0. The van der Waals surface area contributed by atoms with Gasteiger partial charge in [-0.1, -0.05) is 0 Å². The minimum atomic E-state index is -1.14. The Bertz CT molecular complexity index is 488. The molecule has 0 saturated carbocycles. The van der Waals surface area contributed by atoms with E-state index in [2.05, 4.69) is 10.6 Å². The summed E-state index contributed by atoms with van der Waals surface area (Å²) in [4.78, 5) is 24.1. The Labute approximate surface area is 120 Å². The fourth-order valence-electron chi connectivity index (χ4n) is 2.38. The van der Waals surface area contributed by atoms with Gasteiger partial charge in [-0.2, -0.15) is 0 Å². The number of nitrogens with one attached hydrogen (secondary N) is 2. The molecule has 7 heteroatoms. The van der Waals surface area contributed by atoms with Crippen LogP contribution in [0.15, 0.2) is 11.4 Å². The largest absolute Gasteiger partial charge is 0.480 e. The average molecular weight is 298 g/mol. The van der Waals surface area contributed by atoms with Crippen molar-refractivity contribution in [2.24, 2.45) is 0 Å². The first kappa shape index (κ1) is 14.8. The Morgan fingerprint density at radius 3 is 3.00 bits per heavy atom. The molecule has 1 aromatic rings. The predicted molar refractivity (Wildman–Crippen MR) is 74.8 cm³/mol. The molecule has 2 amide bonds. The van der Waals surface area contributed by atoms with Gasteiger partial charge in [-0.25, -0.2) is 9.59 Å². The van der Waals surface area contributed by atoms with E-state index >= 15 is 0 Å². The van der Waals surface area contributed by atoms with Gasteiger partial charge in [-0.3, -0.25) is 0 Å². The number of aryl methyl sites for hydroxylation is 1. The average Bonchev–Trinajstić information content (AvgIpc) is 2.87. The number of thiophene rings is 1. The summed E-state index contributed by atoms with van der Waals surface area (Å²) < 4.78 is 0. The highest BCUT2D eigenvalue weighted by atomic mass is 32.1. The summed E-state index contributed by atoms with van der Waals surface area (Å²) >= 11 is 1.68. The van der Waals surface area contributed by atoms with Crippen LogP contribution in [-0.2, 0) is 11.2 Å². The second-order valence-corrected chi connectivity index (χ2v) is 5.77. The number of aliphatic hydroxyl groups excluding tert-OH is 1. The van der Waals surface area contributed by atoms with Crippen LogP contribution in [0.25, 0.3) is 0 Å². The Morgan fingerprint density at radius 1 is 1.50 bits per heavy atom. The fourth-order valence-corrected chi connectivity index (χ4v) is 3.37. The number of aliphatic hydroxyl groups is 1. The van der Waals surface area contributed by atoms with E-state index in [1.807, 2.05) is 11.4 Å². The first-order valence-corrected chi connectivity index (χ1v) is 7.46. The molecule has 2 atom stereocenters. The summed E-state index contributed by atoms with van der Waals surface area (Å²) in [5, 5.41) is 24.9. The minimum Gasteiger partial charge on any atom is -0.480 e. The van der Waals surface area contributed by atoms with E-state index in [1.165, 1.54) is 4.88 Å². The monoisotopic (exact) mass is 298 g/mol. The van der Waals surface area contributed by atoms with Crippen LogP contribution in [-0.4, -0.2) is 34.9 Å². The van der Waals surface area contributed by atoms with Gasteiger partial charge in [0.2, 0.25) is 0 Å². The molecule has 1 aliphatic carbocycles. The molecule has 0 saturated heterocycles. The number of hydrogen-bond acceptors (Lipinski definition) is 4. The Hall–Kier alpha value is -1.60. The van der Waals surface area contributed by atoms with Crippen molar-refractivity contribution in [2.45, 2.75) is 37.8 Å². The summed E-state index contributed by atoms with van der Waals surface area (Å²) in [5.74, 6) is -1.14. The summed E-state index contributed by atoms with van der Waals surface area (Å²) in [6.45, 7) is -0.282. The van der Waals surface area contributed by atoms with Crippen molar-refractivity contribution in [3.63, 3.8) is 0 Å². The van der Waals surface area contributed by atoms with Gasteiger partial charge in [-0.15, -0.1) is 11.3 Å². The third-order valence-electron chi connectivity index (χ3n) is 3.38. The van der Waals surface area contributed by atoms with E-state index < -0.39 is 18.0 Å². The zero-order chi connectivity index (χ0) is 14.5. The molecule has 0 spiro atoms. The summed E-state index contributed by atoms with van der Waals surface area (Å²) in [6.07, 6.45) is 2.90. The van der Waals surface area contributed by atoms with Crippen LogP contribution in [0, 0.1) is 0 Å². The van der Waals surface area contributed by atoms with E-state index in [1.54, 1.807) is 11.3 Å². The van der Waals surface area contributed by atoms with Crippen LogP contribution < -0.4 is 10.6 Å². The lowest BCUT2D eigenvalue weighted by molar-refractivity contribution is -0.139. The predicted octanol–water partition coefficient (Wildman–Crippen LogP) is 1.26. The number of carbonyl (C=O) groups is 2. The molecular weight excluding hydrogens is 280 g/mol. The Kier molecular flexibility index (Phi) is 4.97. The molecule has 0 aliphatic heterocycles. The maximum Gasteiger partial charge on any atom is 0.326 e. The Balaban J connectivity index is 1.94. The zero-order valence-electron chi connectivity index (χ0n) is 11.0. The Morgan fingerprint density at radius 2 is 2.30 bits per heavy atom. The number of urea groups is 1. The first-order valence-electron chi connectivity index (χ1n) is 6.58. The standard InChI is InChI=1S/C13H18N2O4S/c16-6-4-10(12(17)18)15-13(19)14-9-2-1-3-11-8(9)5-7-20-11/h5,7,9-10,16H,1-4,6H2,(H,17,18)(H2,14,15,19)/t9?,10-/m0/s1. The molecule has 6 nitrogen and oxygen atoms in total.